The van der Waals surface area contributed by atoms with Crippen molar-refractivity contribution in [2.75, 3.05) is 32.2 Å². The molecule has 1 aromatic rings. The van der Waals surface area contributed by atoms with Gasteiger partial charge in [0, 0.05) is 5.75 Å². The topological polar surface area (TPSA) is 107 Å². The first-order valence-corrected chi connectivity index (χ1v) is 9.25. The quantitative estimate of drug-likeness (QED) is 0.327. The fourth-order valence-corrected chi connectivity index (χ4v) is 3.29. The smallest absolute Gasteiger partial charge is 0.332 e. The Morgan fingerprint density at radius 3 is 2.81 bits per heavy atom. The van der Waals surface area contributed by atoms with E-state index in [0.717, 1.165) is 0 Å². The van der Waals surface area contributed by atoms with E-state index in [1.54, 1.807) is 33.2 Å². The van der Waals surface area contributed by atoms with Crippen molar-refractivity contribution in [3.05, 3.63) is 36.3 Å². The lowest BCUT2D eigenvalue weighted by Gasteiger charge is -2.11. The standard InChI is InChI=1S/C17H22BNO7S/c1-17(16(21)22)11-27-15(19-17)12-3-2-4-13(14(12)20)25-9-7-23-5-6-24-8-10-26-18/h2-4,7,9,20H,5-6,8,10-11,18H2,1H3,(H,21,22)/b9-7+/t17-/m1/s1. The van der Waals surface area contributed by atoms with Crippen LogP contribution in [0.1, 0.15) is 12.5 Å². The van der Waals surface area contributed by atoms with Gasteiger partial charge in [0.15, 0.2) is 17.0 Å². The van der Waals surface area contributed by atoms with E-state index in [2.05, 4.69) is 4.99 Å². The van der Waals surface area contributed by atoms with Gasteiger partial charge in [0.25, 0.3) is 8.05 Å². The van der Waals surface area contributed by atoms with Gasteiger partial charge in [-0.1, -0.05) is 6.07 Å². The summed E-state index contributed by atoms with van der Waals surface area (Å²) in [7, 11) is 1.60. The van der Waals surface area contributed by atoms with Crippen molar-refractivity contribution < 1.29 is 33.9 Å². The third-order valence-electron chi connectivity index (χ3n) is 3.65. The van der Waals surface area contributed by atoms with Gasteiger partial charge in [-0.2, -0.15) is 0 Å². The summed E-state index contributed by atoms with van der Waals surface area (Å²) in [5.41, 5.74) is -0.758. The van der Waals surface area contributed by atoms with Gasteiger partial charge in [0.1, 0.15) is 24.2 Å². The number of benzene rings is 1. The number of phenols is 1. The molecule has 10 heteroatoms. The molecule has 1 heterocycles. The summed E-state index contributed by atoms with van der Waals surface area (Å²) in [6.07, 6.45) is 2.66. The van der Waals surface area contributed by atoms with E-state index in [1.807, 2.05) is 0 Å². The number of carbonyl (C=O) groups is 1. The number of carboxylic acid groups (broad SMARTS) is 1. The Balaban J connectivity index is 1.90. The van der Waals surface area contributed by atoms with E-state index >= 15 is 0 Å². The van der Waals surface area contributed by atoms with Crippen LogP contribution in [-0.4, -0.2) is 67.0 Å². The van der Waals surface area contributed by atoms with Crippen molar-refractivity contribution in [2.45, 2.75) is 12.5 Å². The van der Waals surface area contributed by atoms with Gasteiger partial charge in [0.2, 0.25) is 0 Å². The highest BCUT2D eigenvalue weighted by Crippen LogP contribution is 2.37. The zero-order valence-corrected chi connectivity index (χ0v) is 16.0. The van der Waals surface area contributed by atoms with Gasteiger partial charge < -0.3 is 29.1 Å². The van der Waals surface area contributed by atoms with Crippen LogP contribution in [0.3, 0.4) is 0 Å². The Kier molecular flexibility index (Phi) is 8.02. The summed E-state index contributed by atoms with van der Waals surface area (Å²) < 4.78 is 20.7. The number of aliphatic carboxylic acids is 1. The molecule has 1 aromatic carbocycles. The van der Waals surface area contributed by atoms with Gasteiger partial charge >= 0.3 is 5.97 Å². The van der Waals surface area contributed by atoms with E-state index in [4.69, 9.17) is 18.9 Å². The fourth-order valence-electron chi connectivity index (χ4n) is 2.09. The molecule has 0 bridgehead atoms. The lowest BCUT2D eigenvalue weighted by Crippen LogP contribution is -2.33. The van der Waals surface area contributed by atoms with E-state index in [0.29, 0.717) is 42.8 Å². The number of rotatable bonds is 11. The van der Waals surface area contributed by atoms with Crippen LogP contribution < -0.4 is 4.74 Å². The number of thioether (sulfide) groups is 1. The number of ether oxygens (including phenoxy) is 3. The van der Waals surface area contributed by atoms with Gasteiger partial charge in [0.05, 0.1) is 25.4 Å². The summed E-state index contributed by atoms with van der Waals surface area (Å²) in [6, 6.07) is 4.95. The molecule has 8 nitrogen and oxygen atoms in total. The van der Waals surface area contributed by atoms with Crippen LogP contribution in [0.25, 0.3) is 0 Å². The molecule has 0 unspecified atom stereocenters. The third-order valence-corrected chi connectivity index (χ3v) is 4.94. The maximum Gasteiger partial charge on any atom is 0.332 e. The molecular formula is C17H22BNO7S. The SMILES string of the molecule is BOCCOCCO/C=C/Oc1cccc(C2=N[C@@](C)(C(=O)O)CS2)c1O. The van der Waals surface area contributed by atoms with Crippen LogP contribution in [0.5, 0.6) is 11.5 Å². The molecule has 146 valence electrons. The molecule has 0 spiro atoms. The second-order valence-corrected chi connectivity index (χ2v) is 6.77. The Morgan fingerprint density at radius 2 is 2.11 bits per heavy atom. The molecule has 2 N–H and O–H groups in total. The molecule has 1 atom stereocenters. The van der Waals surface area contributed by atoms with Crippen LogP contribution in [0.15, 0.2) is 35.7 Å². The molecule has 2 rings (SSSR count). The summed E-state index contributed by atoms with van der Waals surface area (Å²) in [4.78, 5) is 15.5. The number of aromatic hydroxyl groups is 1. The first-order chi connectivity index (χ1) is 13.0. The van der Waals surface area contributed by atoms with Crippen LogP contribution >= 0.6 is 11.8 Å². The van der Waals surface area contributed by atoms with Crippen LogP contribution in [0.2, 0.25) is 0 Å². The molecule has 0 amide bonds. The number of aliphatic imine (C=N–C) groups is 1. The number of carboxylic acids is 1. The predicted octanol–water partition coefficient (Wildman–Crippen LogP) is 1.18. The minimum Gasteiger partial charge on any atom is -0.504 e. The summed E-state index contributed by atoms with van der Waals surface area (Å²) >= 11 is 1.28. The van der Waals surface area contributed by atoms with E-state index in [1.165, 1.54) is 24.3 Å². The first-order valence-electron chi connectivity index (χ1n) is 8.26. The molecule has 1 aliphatic rings. The Bertz CT molecular complexity index is 713. The van der Waals surface area contributed by atoms with Crippen LogP contribution in [-0.2, 0) is 18.9 Å². The molecule has 0 saturated carbocycles. The fraction of sp³-hybridized carbons (Fsp3) is 0.412. The Morgan fingerprint density at radius 1 is 1.33 bits per heavy atom. The minimum absolute atomic E-state index is 0.106. The van der Waals surface area contributed by atoms with Gasteiger partial charge in [-0.3, -0.25) is 4.99 Å². The Hall–Kier alpha value is -2.17. The van der Waals surface area contributed by atoms with E-state index in [9.17, 15) is 15.0 Å². The summed E-state index contributed by atoms with van der Waals surface area (Å²) in [5, 5.41) is 20.1. The largest absolute Gasteiger partial charge is 0.504 e. The van der Waals surface area contributed by atoms with Crippen LogP contribution in [0.4, 0.5) is 0 Å². The number of para-hydroxylation sites is 1. The zero-order valence-electron chi connectivity index (χ0n) is 15.2. The molecule has 0 fully saturated rings. The second-order valence-electron chi connectivity index (χ2n) is 5.80. The van der Waals surface area contributed by atoms with Gasteiger partial charge in [-0.15, -0.1) is 11.8 Å². The zero-order chi connectivity index (χ0) is 19.7. The van der Waals surface area contributed by atoms with Crippen molar-refractivity contribution in [3.63, 3.8) is 0 Å². The molecule has 0 aromatic heterocycles. The van der Waals surface area contributed by atoms with Crippen molar-refractivity contribution in [1.82, 2.24) is 0 Å². The molecule has 0 radical (unpaired) electrons. The summed E-state index contributed by atoms with van der Waals surface area (Å²) in [6.45, 7) is 3.36. The number of hydrogen-bond acceptors (Lipinski definition) is 8. The molecule has 27 heavy (non-hydrogen) atoms. The first kappa shape index (κ1) is 21.1. The number of nitrogens with zero attached hydrogens (tertiary/aromatic N) is 1. The van der Waals surface area contributed by atoms with Crippen molar-refractivity contribution in [3.8, 4) is 11.5 Å². The maximum atomic E-state index is 11.3. The highest BCUT2D eigenvalue weighted by atomic mass is 32.2. The predicted molar refractivity (Wildman–Crippen MR) is 104 cm³/mol. The lowest BCUT2D eigenvalue weighted by molar-refractivity contribution is -0.141. The Labute approximate surface area is 162 Å². The average molecular weight is 395 g/mol. The van der Waals surface area contributed by atoms with E-state index < -0.39 is 11.5 Å². The maximum absolute atomic E-state index is 11.3. The average Bonchev–Trinajstić information content (AvgIpc) is 3.05. The molecule has 1 aliphatic heterocycles. The van der Waals surface area contributed by atoms with Crippen molar-refractivity contribution >= 4 is 30.8 Å². The third kappa shape index (κ3) is 5.91. The molecule has 0 aliphatic carbocycles. The molecule has 0 saturated heterocycles. The second kappa shape index (κ2) is 10.2. The highest BCUT2D eigenvalue weighted by molar-refractivity contribution is 8.14. The minimum atomic E-state index is -1.19. The number of hydrogen-bond donors (Lipinski definition) is 2. The van der Waals surface area contributed by atoms with Crippen LogP contribution in [0, 0.1) is 0 Å². The number of phenolic OH excluding ortho intramolecular Hbond substituents is 1. The monoisotopic (exact) mass is 395 g/mol. The normalized spacial score (nSPS) is 19.2. The van der Waals surface area contributed by atoms with Crippen molar-refractivity contribution in [1.29, 1.82) is 0 Å². The van der Waals surface area contributed by atoms with Gasteiger partial charge in [-0.05, 0) is 19.1 Å². The van der Waals surface area contributed by atoms with E-state index in [-0.39, 0.29) is 11.5 Å². The molecular weight excluding hydrogens is 373 g/mol. The summed E-state index contributed by atoms with van der Waals surface area (Å²) in [5.74, 6) is -0.576. The lowest BCUT2D eigenvalue weighted by atomic mass is 10.1. The highest BCUT2D eigenvalue weighted by Gasteiger charge is 2.39. The van der Waals surface area contributed by atoms with Crippen molar-refractivity contribution in [2.24, 2.45) is 4.99 Å². The van der Waals surface area contributed by atoms with Gasteiger partial charge in [-0.25, -0.2) is 4.79 Å².